The molecule has 1 aromatic carbocycles. The molecule has 1 fully saturated rings. The van der Waals surface area contributed by atoms with Crippen LogP contribution in [0, 0.1) is 5.82 Å². The van der Waals surface area contributed by atoms with Gasteiger partial charge in [0, 0.05) is 23.9 Å². The van der Waals surface area contributed by atoms with Crippen molar-refractivity contribution in [2.24, 2.45) is 0 Å². The van der Waals surface area contributed by atoms with E-state index in [1.807, 2.05) is 6.07 Å². The molecule has 0 spiro atoms. The summed E-state index contributed by atoms with van der Waals surface area (Å²) in [7, 11) is 1.61. The van der Waals surface area contributed by atoms with Gasteiger partial charge < -0.3 is 9.30 Å². The van der Waals surface area contributed by atoms with E-state index in [0.717, 1.165) is 29.7 Å². The molecule has 21 heavy (non-hydrogen) atoms. The number of methoxy groups -OCH3 is 1. The van der Waals surface area contributed by atoms with Crippen LogP contribution in [0.25, 0.3) is 22.4 Å². The van der Waals surface area contributed by atoms with Gasteiger partial charge in [-0.3, -0.25) is 4.98 Å². The lowest BCUT2D eigenvalue weighted by Gasteiger charge is -2.08. The number of ether oxygens (including phenoxy) is 1. The number of rotatable bonds is 3. The predicted octanol–water partition coefficient (Wildman–Crippen LogP) is 3.58. The van der Waals surface area contributed by atoms with Gasteiger partial charge in [-0.25, -0.2) is 9.37 Å². The van der Waals surface area contributed by atoms with E-state index >= 15 is 0 Å². The summed E-state index contributed by atoms with van der Waals surface area (Å²) in [6.45, 7) is 0. The van der Waals surface area contributed by atoms with Crippen LogP contribution in [0.15, 0.2) is 36.7 Å². The highest BCUT2D eigenvalue weighted by atomic mass is 19.1. The van der Waals surface area contributed by atoms with Gasteiger partial charge in [0.05, 0.1) is 24.3 Å². The van der Waals surface area contributed by atoms with E-state index in [1.165, 1.54) is 12.1 Å². The number of hydrogen-bond acceptors (Lipinski definition) is 3. The van der Waals surface area contributed by atoms with E-state index in [4.69, 9.17) is 4.74 Å². The number of benzene rings is 1. The van der Waals surface area contributed by atoms with Gasteiger partial charge in [-0.1, -0.05) is 0 Å². The monoisotopic (exact) mass is 283 g/mol. The van der Waals surface area contributed by atoms with Crippen molar-refractivity contribution in [2.75, 3.05) is 7.11 Å². The highest BCUT2D eigenvalue weighted by Gasteiger charge is 2.29. The SMILES string of the molecule is COc1cncc(-c2nc3cc(F)ccc3n2C2CC2)c1. The van der Waals surface area contributed by atoms with Crippen LogP contribution in [0.4, 0.5) is 4.39 Å². The van der Waals surface area contributed by atoms with Gasteiger partial charge >= 0.3 is 0 Å². The summed E-state index contributed by atoms with van der Waals surface area (Å²) in [5.74, 6) is 1.25. The second-order valence-electron chi connectivity index (χ2n) is 5.28. The molecule has 0 bridgehead atoms. The van der Waals surface area contributed by atoms with Crippen LogP contribution in [0.1, 0.15) is 18.9 Å². The fourth-order valence-corrected chi connectivity index (χ4v) is 2.63. The van der Waals surface area contributed by atoms with Crippen molar-refractivity contribution in [1.29, 1.82) is 0 Å². The third kappa shape index (κ3) is 2.05. The summed E-state index contributed by atoms with van der Waals surface area (Å²) in [5, 5.41) is 0. The van der Waals surface area contributed by atoms with Crippen molar-refractivity contribution in [1.82, 2.24) is 14.5 Å². The predicted molar refractivity (Wildman–Crippen MR) is 77.7 cm³/mol. The van der Waals surface area contributed by atoms with Crippen LogP contribution in [0.5, 0.6) is 5.75 Å². The van der Waals surface area contributed by atoms with Crippen LogP contribution in [0.3, 0.4) is 0 Å². The Balaban J connectivity index is 1.96. The van der Waals surface area contributed by atoms with Crippen LogP contribution in [0.2, 0.25) is 0 Å². The number of halogens is 1. The maximum Gasteiger partial charge on any atom is 0.143 e. The van der Waals surface area contributed by atoms with Crippen molar-refractivity contribution < 1.29 is 9.13 Å². The number of hydrogen-bond donors (Lipinski definition) is 0. The Morgan fingerprint density at radius 2 is 2.10 bits per heavy atom. The van der Waals surface area contributed by atoms with Crippen LogP contribution in [-0.2, 0) is 0 Å². The zero-order valence-corrected chi connectivity index (χ0v) is 11.6. The van der Waals surface area contributed by atoms with Crippen molar-refractivity contribution in [3.63, 3.8) is 0 Å². The second kappa shape index (κ2) is 4.55. The third-order valence-electron chi connectivity index (χ3n) is 3.77. The lowest BCUT2D eigenvalue weighted by molar-refractivity contribution is 0.413. The summed E-state index contributed by atoms with van der Waals surface area (Å²) in [5.41, 5.74) is 2.54. The number of pyridine rings is 1. The Labute approximate surface area is 121 Å². The van der Waals surface area contributed by atoms with Gasteiger partial charge in [-0.2, -0.15) is 0 Å². The Bertz CT molecular complexity index is 824. The number of nitrogens with zero attached hydrogens (tertiary/aromatic N) is 3. The number of fused-ring (bicyclic) bond motifs is 1. The Kier molecular flexibility index (Phi) is 2.67. The largest absolute Gasteiger partial charge is 0.495 e. The molecule has 0 atom stereocenters. The molecule has 0 N–H and O–H groups in total. The Hall–Kier alpha value is -2.43. The standard InChI is InChI=1S/C16H14FN3O/c1-21-13-6-10(8-18-9-13)16-19-14-7-11(17)2-5-15(14)20(16)12-3-4-12/h2,5-9,12H,3-4H2,1H3. The minimum Gasteiger partial charge on any atom is -0.495 e. The van der Waals surface area contributed by atoms with E-state index in [2.05, 4.69) is 14.5 Å². The van der Waals surface area contributed by atoms with Crippen LogP contribution >= 0.6 is 0 Å². The molecule has 106 valence electrons. The topological polar surface area (TPSA) is 39.9 Å². The summed E-state index contributed by atoms with van der Waals surface area (Å²) in [6, 6.07) is 7.11. The number of imidazole rings is 1. The summed E-state index contributed by atoms with van der Waals surface area (Å²) in [6.07, 6.45) is 5.69. The molecular formula is C16H14FN3O. The van der Waals surface area contributed by atoms with E-state index < -0.39 is 0 Å². The minimum absolute atomic E-state index is 0.265. The van der Waals surface area contributed by atoms with Crippen molar-refractivity contribution in [3.05, 3.63) is 42.5 Å². The molecule has 1 aliphatic carbocycles. The third-order valence-corrected chi connectivity index (χ3v) is 3.77. The van der Waals surface area contributed by atoms with Gasteiger partial charge in [-0.15, -0.1) is 0 Å². The summed E-state index contributed by atoms with van der Waals surface area (Å²) < 4.78 is 20.8. The minimum atomic E-state index is -0.265. The average molecular weight is 283 g/mol. The van der Waals surface area contributed by atoms with E-state index in [9.17, 15) is 4.39 Å². The zero-order chi connectivity index (χ0) is 14.4. The molecule has 1 saturated carbocycles. The molecule has 4 nitrogen and oxygen atoms in total. The quantitative estimate of drug-likeness (QED) is 0.737. The molecule has 1 aliphatic rings. The van der Waals surface area contributed by atoms with Gasteiger partial charge in [0.15, 0.2) is 0 Å². The van der Waals surface area contributed by atoms with E-state index in [-0.39, 0.29) is 5.82 Å². The molecule has 3 aromatic rings. The first-order valence-corrected chi connectivity index (χ1v) is 6.93. The fraction of sp³-hybridized carbons (Fsp3) is 0.250. The summed E-state index contributed by atoms with van der Waals surface area (Å²) in [4.78, 5) is 8.80. The highest BCUT2D eigenvalue weighted by Crippen LogP contribution is 2.41. The van der Waals surface area contributed by atoms with Gasteiger partial charge in [-0.05, 0) is 31.0 Å². The molecule has 4 rings (SSSR count). The van der Waals surface area contributed by atoms with E-state index in [0.29, 0.717) is 17.3 Å². The Morgan fingerprint density at radius 3 is 2.86 bits per heavy atom. The smallest absolute Gasteiger partial charge is 0.143 e. The van der Waals surface area contributed by atoms with Crippen molar-refractivity contribution in [2.45, 2.75) is 18.9 Å². The van der Waals surface area contributed by atoms with Gasteiger partial charge in [0.1, 0.15) is 17.4 Å². The lowest BCUT2D eigenvalue weighted by atomic mass is 10.2. The van der Waals surface area contributed by atoms with Gasteiger partial charge in [0.25, 0.3) is 0 Å². The molecule has 0 radical (unpaired) electrons. The van der Waals surface area contributed by atoms with E-state index in [1.54, 1.807) is 25.6 Å². The lowest BCUT2D eigenvalue weighted by Crippen LogP contribution is -1.98. The van der Waals surface area contributed by atoms with Crippen LogP contribution < -0.4 is 4.74 Å². The molecule has 5 heteroatoms. The molecule has 0 amide bonds. The fourth-order valence-electron chi connectivity index (χ4n) is 2.63. The maximum atomic E-state index is 13.4. The average Bonchev–Trinajstić information content (AvgIpc) is 3.27. The molecule has 2 aromatic heterocycles. The van der Waals surface area contributed by atoms with Crippen LogP contribution in [-0.4, -0.2) is 21.6 Å². The first kappa shape index (κ1) is 12.3. The first-order valence-electron chi connectivity index (χ1n) is 6.93. The highest BCUT2D eigenvalue weighted by molar-refractivity contribution is 5.81. The normalized spacial score (nSPS) is 14.6. The van der Waals surface area contributed by atoms with Crippen molar-refractivity contribution in [3.8, 4) is 17.1 Å². The second-order valence-corrected chi connectivity index (χ2v) is 5.28. The van der Waals surface area contributed by atoms with Crippen molar-refractivity contribution >= 4 is 11.0 Å². The summed E-state index contributed by atoms with van der Waals surface area (Å²) >= 11 is 0. The molecule has 2 heterocycles. The number of aromatic nitrogens is 3. The maximum absolute atomic E-state index is 13.4. The molecule has 0 aliphatic heterocycles. The first-order chi connectivity index (χ1) is 10.3. The molecule has 0 saturated heterocycles. The molecule has 0 unspecified atom stereocenters. The Morgan fingerprint density at radius 1 is 1.24 bits per heavy atom. The molecular weight excluding hydrogens is 269 g/mol. The zero-order valence-electron chi connectivity index (χ0n) is 11.6. The van der Waals surface area contributed by atoms with Gasteiger partial charge in [0.2, 0.25) is 0 Å².